The zero-order chi connectivity index (χ0) is 15.1. The molecular weight excluding hydrogens is 248 g/mol. The molecule has 1 aromatic heterocycles. The van der Waals surface area contributed by atoms with Crippen molar-refractivity contribution in [2.75, 3.05) is 30.4 Å². The van der Waals surface area contributed by atoms with E-state index in [1.54, 1.807) is 0 Å². The molecule has 1 heterocycles. The van der Waals surface area contributed by atoms with Crippen LogP contribution < -0.4 is 10.2 Å². The van der Waals surface area contributed by atoms with Crippen LogP contribution in [0.25, 0.3) is 0 Å². The lowest BCUT2D eigenvalue weighted by atomic mass is 10.1. The van der Waals surface area contributed by atoms with Crippen LogP contribution in [-0.4, -0.2) is 30.1 Å². The van der Waals surface area contributed by atoms with Crippen LogP contribution in [0.5, 0.6) is 0 Å². The van der Waals surface area contributed by atoms with Crippen molar-refractivity contribution in [1.82, 2.24) is 9.97 Å². The molecule has 0 aliphatic rings. The summed E-state index contributed by atoms with van der Waals surface area (Å²) < 4.78 is 0. The molecule has 0 saturated carbocycles. The lowest BCUT2D eigenvalue weighted by molar-refractivity contribution is 0.556. The van der Waals surface area contributed by atoms with Crippen molar-refractivity contribution in [2.45, 2.75) is 53.9 Å². The van der Waals surface area contributed by atoms with Gasteiger partial charge in [-0.15, -0.1) is 0 Å². The molecule has 4 nitrogen and oxygen atoms in total. The van der Waals surface area contributed by atoms with Gasteiger partial charge < -0.3 is 10.2 Å². The van der Waals surface area contributed by atoms with Crippen molar-refractivity contribution >= 4 is 11.6 Å². The summed E-state index contributed by atoms with van der Waals surface area (Å²) >= 11 is 0. The van der Waals surface area contributed by atoms with Crippen molar-refractivity contribution in [3.05, 3.63) is 11.4 Å². The quantitative estimate of drug-likeness (QED) is 0.788. The molecule has 0 amide bonds. The SMILES string of the molecule is CCCNc1nc(CC)nc(N(C)CC(C)CC)c1C. The first-order valence-corrected chi connectivity index (χ1v) is 7.85. The second-order valence-electron chi connectivity index (χ2n) is 5.61. The van der Waals surface area contributed by atoms with Crippen molar-refractivity contribution < 1.29 is 0 Å². The largest absolute Gasteiger partial charge is 0.370 e. The van der Waals surface area contributed by atoms with Gasteiger partial charge >= 0.3 is 0 Å². The van der Waals surface area contributed by atoms with Gasteiger partial charge in [0.05, 0.1) is 0 Å². The highest BCUT2D eigenvalue weighted by Gasteiger charge is 2.15. The first-order chi connectivity index (χ1) is 9.53. The van der Waals surface area contributed by atoms with Crippen molar-refractivity contribution in [3.63, 3.8) is 0 Å². The van der Waals surface area contributed by atoms with Gasteiger partial charge in [0.1, 0.15) is 17.5 Å². The molecule has 4 heteroatoms. The van der Waals surface area contributed by atoms with Crippen molar-refractivity contribution in [2.24, 2.45) is 5.92 Å². The molecule has 1 rings (SSSR count). The van der Waals surface area contributed by atoms with Crippen LogP contribution in [0.15, 0.2) is 0 Å². The minimum atomic E-state index is 0.673. The summed E-state index contributed by atoms with van der Waals surface area (Å²) in [6.45, 7) is 12.9. The zero-order valence-corrected chi connectivity index (χ0v) is 14.0. The van der Waals surface area contributed by atoms with E-state index in [-0.39, 0.29) is 0 Å². The predicted molar refractivity (Wildman–Crippen MR) is 87.7 cm³/mol. The third-order valence-electron chi connectivity index (χ3n) is 3.67. The Bertz CT molecular complexity index is 417. The summed E-state index contributed by atoms with van der Waals surface area (Å²) in [5.74, 6) is 3.65. The minimum absolute atomic E-state index is 0.673. The second-order valence-corrected chi connectivity index (χ2v) is 5.61. The maximum absolute atomic E-state index is 4.72. The number of aryl methyl sites for hydroxylation is 1. The first-order valence-electron chi connectivity index (χ1n) is 7.85. The Morgan fingerprint density at radius 3 is 2.45 bits per heavy atom. The van der Waals surface area contributed by atoms with Crippen LogP contribution in [0.3, 0.4) is 0 Å². The van der Waals surface area contributed by atoms with E-state index >= 15 is 0 Å². The van der Waals surface area contributed by atoms with Crippen molar-refractivity contribution in [3.8, 4) is 0 Å². The molecule has 0 saturated heterocycles. The summed E-state index contributed by atoms with van der Waals surface area (Å²) in [6, 6.07) is 0. The molecule has 1 unspecified atom stereocenters. The van der Waals surface area contributed by atoms with Crippen LogP contribution in [0.4, 0.5) is 11.6 Å². The lowest BCUT2D eigenvalue weighted by Gasteiger charge is -2.25. The van der Waals surface area contributed by atoms with E-state index < -0.39 is 0 Å². The zero-order valence-electron chi connectivity index (χ0n) is 14.0. The molecule has 1 aromatic rings. The van der Waals surface area contributed by atoms with E-state index in [1.807, 2.05) is 0 Å². The molecule has 0 aromatic carbocycles. The van der Waals surface area contributed by atoms with E-state index in [4.69, 9.17) is 4.98 Å². The van der Waals surface area contributed by atoms with Gasteiger partial charge in [0.25, 0.3) is 0 Å². The highest BCUT2D eigenvalue weighted by Crippen LogP contribution is 2.24. The Kier molecular flexibility index (Phi) is 6.76. The fourth-order valence-electron chi connectivity index (χ4n) is 2.18. The average molecular weight is 278 g/mol. The van der Waals surface area contributed by atoms with Gasteiger partial charge in [0.2, 0.25) is 0 Å². The van der Waals surface area contributed by atoms with E-state index in [9.17, 15) is 0 Å². The average Bonchev–Trinajstić information content (AvgIpc) is 2.45. The van der Waals surface area contributed by atoms with Crippen LogP contribution in [-0.2, 0) is 6.42 Å². The summed E-state index contributed by atoms with van der Waals surface area (Å²) in [4.78, 5) is 11.6. The maximum atomic E-state index is 4.72. The Balaban J connectivity index is 3.03. The predicted octanol–water partition coefficient (Wildman–Crippen LogP) is 3.65. The molecule has 114 valence electrons. The third kappa shape index (κ3) is 4.36. The van der Waals surface area contributed by atoms with Gasteiger partial charge in [-0.05, 0) is 19.3 Å². The van der Waals surface area contributed by atoms with E-state index in [2.05, 4.69) is 56.9 Å². The Labute approximate surface area is 124 Å². The molecule has 0 spiro atoms. The molecule has 0 bridgehead atoms. The monoisotopic (exact) mass is 278 g/mol. The lowest BCUT2D eigenvalue weighted by Crippen LogP contribution is -2.26. The van der Waals surface area contributed by atoms with Gasteiger partial charge in [-0.25, -0.2) is 9.97 Å². The minimum Gasteiger partial charge on any atom is -0.370 e. The molecule has 0 aliphatic carbocycles. The normalized spacial score (nSPS) is 12.3. The number of hydrogen-bond acceptors (Lipinski definition) is 4. The molecule has 0 radical (unpaired) electrons. The first kappa shape index (κ1) is 16.7. The Hall–Kier alpha value is -1.32. The highest BCUT2D eigenvalue weighted by molar-refractivity contribution is 5.58. The van der Waals surface area contributed by atoms with Crippen LogP contribution in [0, 0.1) is 12.8 Å². The van der Waals surface area contributed by atoms with Crippen LogP contribution in [0.2, 0.25) is 0 Å². The van der Waals surface area contributed by atoms with Crippen molar-refractivity contribution in [1.29, 1.82) is 0 Å². The maximum Gasteiger partial charge on any atom is 0.137 e. The molecular formula is C16H30N4. The molecule has 0 aliphatic heterocycles. The van der Waals surface area contributed by atoms with Gasteiger partial charge in [-0.1, -0.05) is 34.1 Å². The van der Waals surface area contributed by atoms with Gasteiger partial charge in [-0.2, -0.15) is 0 Å². The van der Waals surface area contributed by atoms with Crippen LogP contribution in [0.1, 0.15) is 51.9 Å². The molecule has 1 atom stereocenters. The fraction of sp³-hybridized carbons (Fsp3) is 0.750. The Morgan fingerprint density at radius 2 is 1.90 bits per heavy atom. The number of rotatable bonds is 8. The van der Waals surface area contributed by atoms with Gasteiger partial charge in [0.15, 0.2) is 0 Å². The number of hydrogen-bond donors (Lipinski definition) is 1. The van der Waals surface area contributed by atoms with Gasteiger partial charge in [-0.3, -0.25) is 0 Å². The van der Waals surface area contributed by atoms with Crippen LogP contribution >= 0.6 is 0 Å². The molecule has 0 fully saturated rings. The number of anilines is 2. The highest BCUT2D eigenvalue weighted by atomic mass is 15.2. The second kappa shape index (κ2) is 8.08. The van der Waals surface area contributed by atoms with E-state index in [0.717, 1.165) is 49.0 Å². The smallest absolute Gasteiger partial charge is 0.137 e. The Morgan fingerprint density at radius 1 is 1.20 bits per heavy atom. The fourth-order valence-corrected chi connectivity index (χ4v) is 2.18. The summed E-state index contributed by atoms with van der Waals surface area (Å²) in [6.07, 6.45) is 3.16. The number of aromatic nitrogens is 2. The standard InChI is InChI=1S/C16H30N4/c1-7-10-17-15-13(5)16(19-14(9-3)18-15)20(6)11-12(4)8-2/h12H,7-11H2,1-6H3,(H,17,18,19). The third-order valence-corrected chi connectivity index (χ3v) is 3.67. The molecule has 1 N–H and O–H groups in total. The topological polar surface area (TPSA) is 41.1 Å². The summed E-state index contributed by atoms with van der Waals surface area (Å²) in [5, 5.41) is 3.42. The van der Waals surface area contributed by atoms with E-state index in [0.29, 0.717) is 5.92 Å². The summed E-state index contributed by atoms with van der Waals surface area (Å²) in [5.41, 5.74) is 1.15. The van der Waals surface area contributed by atoms with E-state index in [1.165, 1.54) is 6.42 Å². The number of nitrogens with zero attached hydrogens (tertiary/aromatic N) is 3. The molecule has 20 heavy (non-hydrogen) atoms. The summed E-state index contributed by atoms with van der Waals surface area (Å²) in [7, 11) is 2.13. The van der Waals surface area contributed by atoms with Gasteiger partial charge in [0, 0.05) is 32.1 Å². The number of nitrogens with one attached hydrogen (secondary N) is 1.